The fourth-order valence-electron chi connectivity index (χ4n) is 1.55. The summed E-state index contributed by atoms with van der Waals surface area (Å²) in [6.07, 6.45) is 0. The van der Waals surface area contributed by atoms with E-state index in [2.05, 4.69) is 9.59 Å². The molecule has 0 radical (unpaired) electrons. The Hall–Kier alpha value is -1.95. The van der Waals surface area contributed by atoms with Gasteiger partial charge in [-0.2, -0.15) is 0 Å². The van der Waals surface area contributed by atoms with Crippen molar-refractivity contribution >= 4 is 17.3 Å². The maximum absolute atomic E-state index is 12.4. The first-order valence-electron chi connectivity index (χ1n) is 5.23. The van der Waals surface area contributed by atoms with Crippen molar-refractivity contribution in [2.45, 2.75) is 6.92 Å². The Morgan fingerprint density at radius 3 is 2.61 bits per heavy atom. The van der Waals surface area contributed by atoms with Gasteiger partial charge in [0.05, 0.1) is 25.5 Å². The molecule has 0 atom stereocenters. The molecule has 0 bridgehead atoms. The standard InChI is InChI=1S/C12H12N2O3S/c1-7-12(18-14-13-7)11(15)9-6-8(16-2)4-5-10(9)17-3/h4-6H,1-3H3. The van der Waals surface area contributed by atoms with Gasteiger partial charge in [0.15, 0.2) is 0 Å². The highest BCUT2D eigenvalue weighted by Gasteiger charge is 2.20. The largest absolute Gasteiger partial charge is 0.497 e. The van der Waals surface area contributed by atoms with Gasteiger partial charge in [-0.1, -0.05) is 4.49 Å². The molecule has 1 aromatic carbocycles. The minimum absolute atomic E-state index is 0.154. The van der Waals surface area contributed by atoms with Gasteiger partial charge in [0.25, 0.3) is 0 Å². The molecule has 0 N–H and O–H groups in total. The average Bonchev–Trinajstić information content (AvgIpc) is 2.83. The minimum atomic E-state index is -0.154. The third-order valence-corrected chi connectivity index (χ3v) is 3.34. The number of nitrogens with zero attached hydrogens (tertiary/aromatic N) is 2. The van der Waals surface area contributed by atoms with E-state index in [-0.39, 0.29) is 5.78 Å². The second-order valence-corrected chi connectivity index (χ2v) is 4.34. The lowest BCUT2D eigenvalue weighted by Gasteiger charge is -2.08. The highest BCUT2D eigenvalue weighted by Crippen LogP contribution is 2.27. The summed E-state index contributed by atoms with van der Waals surface area (Å²) < 4.78 is 14.1. The van der Waals surface area contributed by atoms with E-state index < -0.39 is 0 Å². The average molecular weight is 264 g/mol. The number of aromatic nitrogens is 2. The summed E-state index contributed by atoms with van der Waals surface area (Å²) >= 11 is 1.08. The summed E-state index contributed by atoms with van der Waals surface area (Å²) in [5.74, 6) is 0.959. The third-order valence-electron chi connectivity index (χ3n) is 2.51. The molecule has 0 aliphatic rings. The highest BCUT2D eigenvalue weighted by molar-refractivity contribution is 7.08. The topological polar surface area (TPSA) is 61.3 Å². The number of ether oxygens (including phenoxy) is 2. The van der Waals surface area contributed by atoms with Crippen LogP contribution >= 0.6 is 11.5 Å². The molecule has 1 heterocycles. The van der Waals surface area contributed by atoms with E-state index in [1.807, 2.05) is 0 Å². The molecule has 0 amide bonds. The molecule has 0 aliphatic carbocycles. The summed E-state index contributed by atoms with van der Waals surface area (Å²) in [7, 11) is 3.08. The zero-order valence-corrected chi connectivity index (χ0v) is 11.1. The van der Waals surface area contributed by atoms with Crippen LogP contribution in [0.5, 0.6) is 11.5 Å². The number of benzene rings is 1. The Morgan fingerprint density at radius 2 is 2.06 bits per heavy atom. The summed E-state index contributed by atoms with van der Waals surface area (Å²) in [6, 6.07) is 5.10. The molecule has 2 aromatic rings. The summed E-state index contributed by atoms with van der Waals surface area (Å²) in [6.45, 7) is 1.75. The molecule has 6 heteroatoms. The number of hydrogen-bond acceptors (Lipinski definition) is 6. The summed E-state index contributed by atoms with van der Waals surface area (Å²) in [4.78, 5) is 12.9. The van der Waals surface area contributed by atoms with Gasteiger partial charge in [0, 0.05) is 0 Å². The zero-order chi connectivity index (χ0) is 13.1. The van der Waals surface area contributed by atoms with Crippen molar-refractivity contribution in [1.29, 1.82) is 0 Å². The first-order chi connectivity index (χ1) is 8.67. The predicted octanol–water partition coefficient (Wildman–Crippen LogP) is 2.09. The van der Waals surface area contributed by atoms with Crippen molar-refractivity contribution in [2.24, 2.45) is 0 Å². The normalized spacial score (nSPS) is 10.2. The van der Waals surface area contributed by atoms with Gasteiger partial charge in [0.1, 0.15) is 16.4 Å². The molecule has 0 aliphatic heterocycles. The van der Waals surface area contributed by atoms with E-state index in [0.29, 0.717) is 27.6 Å². The lowest BCUT2D eigenvalue weighted by molar-refractivity contribution is 0.103. The lowest BCUT2D eigenvalue weighted by Crippen LogP contribution is -2.04. The van der Waals surface area contributed by atoms with E-state index in [9.17, 15) is 4.79 Å². The van der Waals surface area contributed by atoms with Crippen molar-refractivity contribution in [1.82, 2.24) is 9.59 Å². The Morgan fingerprint density at radius 1 is 1.28 bits per heavy atom. The molecule has 18 heavy (non-hydrogen) atoms. The maximum atomic E-state index is 12.4. The molecule has 5 nitrogen and oxygen atoms in total. The SMILES string of the molecule is COc1ccc(OC)c(C(=O)c2snnc2C)c1. The Bertz CT molecular complexity index is 580. The van der Waals surface area contributed by atoms with Crippen LogP contribution in [-0.2, 0) is 0 Å². The number of rotatable bonds is 4. The maximum Gasteiger partial charge on any atom is 0.210 e. The smallest absolute Gasteiger partial charge is 0.210 e. The predicted molar refractivity (Wildman–Crippen MR) is 67.6 cm³/mol. The number of carbonyl (C=O) groups is 1. The van der Waals surface area contributed by atoms with Gasteiger partial charge in [-0.25, -0.2) is 0 Å². The second kappa shape index (κ2) is 5.14. The molecule has 94 valence electrons. The first kappa shape index (κ1) is 12.5. The van der Waals surface area contributed by atoms with Crippen LogP contribution in [0.1, 0.15) is 20.9 Å². The third kappa shape index (κ3) is 2.19. The molecule has 2 rings (SSSR count). The van der Waals surface area contributed by atoms with Gasteiger partial charge in [-0.15, -0.1) is 5.10 Å². The highest BCUT2D eigenvalue weighted by atomic mass is 32.1. The molecule has 0 saturated heterocycles. The van der Waals surface area contributed by atoms with Crippen LogP contribution in [0.3, 0.4) is 0 Å². The molecule has 1 aromatic heterocycles. The van der Waals surface area contributed by atoms with Gasteiger partial charge >= 0.3 is 0 Å². The van der Waals surface area contributed by atoms with Crippen molar-refractivity contribution in [3.63, 3.8) is 0 Å². The van der Waals surface area contributed by atoms with Gasteiger partial charge in [-0.05, 0) is 36.7 Å². The van der Waals surface area contributed by atoms with E-state index >= 15 is 0 Å². The fourth-order valence-corrected chi connectivity index (χ4v) is 2.16. The Kier molecular flexibility index (Phi) is 3.57. The van der Waals surface area contributed by atoms with E-state index in [1.165, 1.54) is 7.11 Å². The Balaban J connectivity index is 2.49. The van der Waals surface area contributed by atoms with Crippen molar-refractivity contribution in [3.05, 3.63) is 34.3 Å². The fraction of sp³-hybridized carbons (Fsp3) is 0.250. The van der Waals surface area contributed by atoms with Gasteiger partial charge < -0.3 is 9.47 Å². The lowest BCUT2D eigenvalue weighted by atomic mass is 10.1. The molecular weight excluding hydrogens is 252 g/mol. The minimum Gasteiger partial charge on any atom is -0.497 e. The second-order valence-electron chi connectivity index (χ2n) is 3.58. The van der Waals surface area contributed by atoms with Crippen molar-refractivity contribution < 1.29 is 14.3 Å². The van der Waals surface area contributed by atoms with Crippen molar-refractivity contribution in [3.8, 4) is 11.5 Å². The van der Waals surface area contributed by atoms with Crippen LogP contribution in [0.25, 0.3) is 0 Å². The monoisotopic (exact) mass is 264 g/mol. The van der Waals surface area contributed by atoms with E-state index in [0.717, 1.165) is 11.5 Å². The van der Waals surface area contributed by atoms with E-state index in [4.69, 9.17) is 9.47 Å². The summed E-state index contributed by atoms with van der Waals surface area (Å²) in [5.41, 5.74) is 1.07. The molecule has 0 saturated carbocycles. The Labute approximate surface area is 109 Å². The number of ketones is 1. The first-order valence-corrected chi connectivity index (χ1v) is 6.00. The quantitative estimate of drug-likeness (QED) is 0.791. The number of carbonyl (C=O) groups excluding carboxylic acids is 1. The number of methoxy groups -OCH3 is 2. The van der Waals surface area contributed by atoms with Crippen LogP contribution < -0.4 is 9.47 Å². The molecule has 0 fully saturated rings. The van der Waals surface area contributed by atoms with Crippen LogP contribution in [-0.4, -0.2) is 29.6 Å². The van der Waals surface area contributed by atoms with Crippen LogP contribution in [0.2, 0.25) is 0 Å². The van der Waals surface area contributed by atoms with Crippen molar-refractivity contribution in [2.75, 3.05) is 14.2 Å². The van der Waals surface area contributed by atoms with E-state index in [1.54, 1.807) is 32.2 Å². The van der Waals surface area contributed by atoms with Gasteiger partial charge in [0.2, 0.25) is 5.78 Å². The molecule has 0 unspecified atom stereocenters. The zero-order valence-electron chi connectivity index (χ0n) is 10.3. The van der Waals surface area contributed by atoms with Crippen LogP contribution in [0.15, 0.2) is 18.2 Å². The summed E-state index contributed by atoms with van der Waals surface area (Å²) in [5, 5.41) is 3.84. The van der Waals surface area contributed by atoms with Gasteiger partial charge in [-0.3, -0.25) is 4.79 Å². The van der Waals surface area contributed by atoms with Crippen LogP contribution in [0.4, 0.5) is 0 Å². The number of aryl methyl sites for hydroxylation is 1. The van der Waals surface area contributed by atoms with Crippen LogP contribution in [0, 0.1) is 6.92 Å². The molecule has 0 spiro atoms. The molecular formula is C12H12N2O3S. The number of hydrogen-bond donors (Lipinski definition) is 0.